The fourth-order valence-electron chi connectivity index (χ4n) is 4.76. The van der Waals surface area contributed by atoms with E-state index in [4.69, 9.17) is 0 Å². The predicted octanol–water partition coefficient (Wildman–Crippen LogP) is 2.42. The van der Waals surface area contributed by atoms with Gasteiger partial charge in [-0.1, -0.05) is 37.3 Å². The summed E-state index contributed by atoms with van der Waals surface area (Å²) in [5, 5.41) is 0. The number of hydrogen-bond acceptors (Lipinski definition) is 4. The number of fused-ring (bicyclic) bond motifs is 1. The number of likely N-dealkylation sites (tertiary alicyclic amines) is 1. The maximum Gasteiger partial charge on any atom is 0.0404 e. The number of pyridine rings is 1. The van der Waals surface area contributed by atoms with Crippen LogP contribution >= 0.6 is 0 Å². The Morgan fingerprint density at radius 1 is 1.26 bits per heavy atom. The van der Waals surface area contributed by atoms with Gasteiger partial charge in [0.05, 0.1) is 0 Å². The van der Waals surface area contributed by atoms with Gasteiger partial charge in [0.15, 0.2) is 0 Å². The van der Waals surface area contributed by atoms with Crippen molar-refractivity contribution in [2.75, 3.05) is 19.6 Å². The summed E-state index contributed by atoms with van der Waals surface area (Å²) >= 11 is -2.22. The van der Waals surface area contributed by atoms with Crippen LogP contribution in [0.3, 0.4) is 0 Å². The minimum Gasteiger partial charge on any atom is -0.760 e. The Labute approximate surface area is 163 Å². The Balaban J connectivity index is 1.29. The molecule has 144 valence electrons. The van der Waals surface area contributed by atoms with Gasteiger partial charge in [0.25, 0.3) is 0 Å². The summed E-state index contributed by atoms with van der Waals surface area (Å²) < 4.78 is 23.9. The molecule has 0 amide bonds. The molecule has 2 heterocycles. The molecule has 27 heavy (non-hydrogen) atoms. The van der Waals surface area contributed by atoms with Crippen LogP contribution in [0, 0.1) is 11.8 Å². The molecular formula is C21H26N3O2S-. The van der Waals surface area contributed by atoms with Crippen LogP contribution in [0.5, 0.6) is 0 Å². The number of nitrogens with zero attached hydrogens (tertiary/aromatic N) is 2. The molecule has 1 aromatic heterocycles. The third-order valence-corrected chi connectivity index (χ3v) is 6.78. The van der Waals surface area contributed by atoms with Gasteiger partial charge in [-0.25, -0.2) is 4.72 Å². The molecule has 0 bridgehead atoms. The summed E-state index contributed by atoms with van der Waals surface area (Å²) in [6.45, 7) is 6.19. The van der Waals surface area contributed by atoms with Crippen LogP contribution in [-0.4, -0.2) is 38.3 Å². The lowest BCUT2D eigenvalue weighted by Gasteiger charge is -2.24. The third-order valence-electron chi connectivity index (χ3n) is 6.40. The number of aromatic nitrogens is 1. The van der Waals surface area contributed by atoms with Crippen LogP contribution in [0.1, 0.15) is 30.2 Å². The van der Waals surface area contributed by atoms with E-state index in [0.717, 1.165) is 38.0 Å². The van der Waals surface area contributed by atoms with E-state index >= 15 is 0 Å². The van der Waals surface area contributed by atoms with Gasteiger partial charge < -0.3 is 9.45 Å². The van der Waals surface area contributed by atoms with Crippen molar-refractivity contribution in [2.45, 2.75) is 31.7 Å². The fraction of sp³-hybridized carbons (Fsp3) is 0.476. The number of hydrogen-bond donors (Lipinski definition) is 1. The Morgan fingerprint density at radius 2 is 2.07 bits per heavy atom. The molecule has 3 atom stereocenters. The zero-order valence-electron chi connectivity index (χ0n) is 15.6. The Bertz CT molecular complexity index is 802. The average Bonchev–Trinajstić information content (AvgIpc) is 3.03. The van der Waals surface area contributed by atoms with Crippen molar-refractivity contribution in [2.24, 2.45) is 11.8 Å². The van der Waals surface area contributed by atoms with Crippen molar-refractivity contribution >= 4 is 11.3 Å². The van der Waals surface area contributed by atoms with E-state index in [-0.39, 0.29) is 5.41 Å². The number of nitrogens with one attached hydrogen (secondary N) is 1. The second-order valence-electron chi connectivity index (χ2n) is 7.94. The Morgan fingerprint density at radius 3 is 2.78 bits per heavy atom. The lowest BCUT2D eigenvalue weighted by Crippen LogP contribution is -2.30. The number of aryl methyl sites for hydroxylation is 1. The molecule has 3 unspecified atom stereocenters. The Hall–Kier alpha value is -1.60. The summed E-state index contributed by atoms with van der Waals surface area (Å²) in [5.74, 6) is 1.42. The van der Waals surface area contributed by atoms with Gasteiger partial charge in [-0.15, -0.1) is 0 Å². The first-order valence-corrected chi connectivity index (χ1v) is 10.7. The molecule has 1 saturated heterocycles. The lowest BCUT2D eigenvalue weighted by molar-refractivity contribution is 0.274. The summed E-state index contributed by atoms with van der Waals surface area (Å²) in [5.41, 5.74) is 3.79. The summed E-state index contributed by atoms with van der Waals surface area (Å²) in [6, 6.07) is 14.5. The van der Waals surface area contributed by atoms with Crippen molar-refractivity contribution in [3.63, 3.8) is 0 Å². The first kappa shape index (κ1) is 18.7. The highest BCUT2D eigenvalue weighted by Crippen LogP contribution is 2.63. The number of piperidine rings is 1. The number of benzene rings is 1. The van der Waals surface area contributed by atoms with E-state index in [1.807, 2.05) is 24.4 Å². The van der Waals surface area contributed by atoms with Gasteiger partial charge >= 0.3 is 0 Å². The fourth-order valence-corrected chi connectivity index (χ4v) is 5.05. The van der Waals surface area contributed by atoms with Crippen molar-refractivity contribution in [1.29, 1.82) is 0 Å². The second kappa shape index (κ2) is 7.80. The van der Waals surface area contributed by atoms with Crippen molar-refractivity contribution in [3.8, 4) is 0 Å². The van der Waals surface area contributed by atoms with Crippen LogP contribution in [0.25, 0.3) is 0 Å². The monoisotopic (exact) mass is 384 g/mol. The highest BCUT2D eigenvalue weighted by molar-refractivity contribution is 7.77. The third kappa shape index (κ3) is 3.99. The van der Waals surface area contributed by atoms with Gasteiger partial charge in [-0.2, -0.15) is 0 Å². The first-order chi connectivity index (χ1) is 13.1. The highest BCUT2D eigenvalue weighted by atomic mass is 32.2. The molecule has 1 aromatic carbocycles. The second-order valence-corrected chi connectivity index (χ2v) is 8.69. The summed E-state index contributed by atoms with van der Waals surface area (Å²) in [6.07, 6.45) is 4.06. The molecule has 0 spiro atoms. The van der Waals surface area contributed by atoms with Crippen molar-refractivity contribution in [1.82, 2.24) is 14.6 Å². The zero-order chi connectivity index (χ0) is 18.9. The Kier molecular flexibility index (Phi) is 5.41. The maximum atomic E-state index is 10.7. The van der Waals surface area contributed by atoms with Crippen LogP contribution in [0.2, 0.25) is 0 Å². The molecule has 1 N–H and O–H groups in total. The number of rotatable bonds is 8. The lowest BCUT2D eigenvalue weighted by atomic mass is 9.91. The smallest absolute Gasteiger partial charge is 0.0404 e. The van der Waals surface area contributed by atoms with Gasteiger partial charge in [0, 0.05) is 48.2 Å². The minimum absolute atomic E-state index is 0.240. The normalized spacial score (nSPS) is 28.1. The SMILES string of the molecule is CC1(c2cccc(CNS(=O)[O-])c2)C2CN(CCCc3ccccn3)CC21. The van der Waals surface area contributed by atoms with Crippen molar-refractivity contribution in [3.05, 3.63) is 65.5 Å². The van der Waals surface area contributed by atoms with E-state index in [0.29, 0.717) is 18.4 Å². The molecular weight excluding hydrogens is 358 g/mol. The van der Waals surface area contributed by atoms with Gasteiger partial charge in [0.2, 0.25) is 0 Å². The predicted molar refractivity (Wildman–Crippen MR) is 106 cm³/mol. The molecule has 2 aliphatic rings. The van der Waals surface area contributed by atoms with E-state index in [9.17, 15) is 8.76 Å². The zero-order valence-corrected chi connectivity index (χ0v) is 16.5. The average molecular weight is 385 g/mol. The van der Waals surface area contributed by atoms with E-state index in [2.05, 4.69) is 45.8 Å². The molecule has 1 aliphatic heterocycles. The topological polar surface area (TPSA) is 68.3 Å². The molecule has 2 fully saturated rings. The van der Waals surface area contributed by atoms with Gasteiger partial charge in [0.1, 0.15) is 0 Å². The molecule has 4 rings (SSSR count). The van der Waals surface area contributed by atoms with Crippen LogP contribution in [0.15, 0.2) is 48.7 Å². The summed E-state index contributed by atoms with van der Waals surface area (Å²) in [4.78, 5) is 6.99. The minimum atomic E-state index is -2.22. The van der Waals surface area contributed by atoms with Crippen molar-refractivity contribution < 1.29 is 8.76 Å². The largest absolute Gasteiger partial charge is 0.760 e. The molecule has 5 nitrogen and oxygen atoms in total. The maximum absolute atomic E-state index is 10.7. The van der Waals surface area contributed by atoms with Crippen LogP contribution in [0.4, 0.5) is 0 Å². The van der Waals surface area contributed by atoms with Crippen LogP contribution < -0.4 is 4.72 Å². The van der Waals surface area contributed by atoms with Gasteiger partial charge in [-0.05, 0) is 54.5 Å². The first-order valence-electron chi connectivity index (χ1n) is 9.62. The van der Waals surface area contributed by atoms with E-state index in [1.54, 1.807) is 0 Å². The molecule has 2 aromatic rings. The standard InChI is InChI=1S/C21H27N3O2S/c1-21(17-7-4-6-16(12-17)13-23-27(25)26)19-14-24(15-20(19)21)11-5-9-18-8-2-3-10-22-18/h2-4,6-8,10,12,19-20,23H,5,9,11,13-15H2,1H3,(H,25,26)/p-1. The summed E-state index contributed by atoms with van der Waals surface area (Å²) in [7, 11) is 0. The van der Waals surface area contributed by atoms with E-state index < -0.39 is 11.3 Å². The highest BCUT2D eigenvalue weighted by Gasteiger charge is 2.65. The molecule has 6 heteroatoms. The molecule has 1 saturated carbocycles. The molecule has 1 aliphatic carbocycles. The van der Waals surface area contributed by atoms with E-state index in [1.165, 1.54) is 11.3 Å². The van der Waals surface area contributed by atoms with Gasteiger partial charge in [-0.3, -0.25) is 9.19 Å². The quantitative estimate of drug-likeness (QED) is 0.710. The molecule has 0 radical (unpaired) electrons. The van der Waals surface area contributed by atoms with Crippen LogP contribution in [-0.2, 0) is 29.6 Å².